The van der Waals surface area contributed by atoms with Crippen molar-refractivity contribution < 1.29 is 9.47 Å². The quantitative estimate of drug-likeness (QED) is 0.652. The van der Waals surface area contributed by atoms with Crippen LogP contribution >= 0.6 is 12.4 Å². The van der Waals surface area contributed by atoms with Crippen molar-refractivity contribution >= 4 is 18.1 Å². The van der Waals surface area contributed by atoms with E-state index >= 15 is 0 Å². The Morgan fingerprint density at radius 3 is 2.77 bits per heavy atom. The molecular formula is C9H12ClNO2. The molecular weight excluding hydrogens is 190 g/mol. The number of hydrogen-bond donors (Lipinski definition) is 1. The van der Waals surface area contributed by atoms with Gasteiger partial charge in [0.1, 0.15) is 0 Å². The maximum Gasteiger partial charge on any atom is 0.184 e. The van der Waals surface area contributed by atoms with E-state index in [0.717, 1.165) is 12.2 Å². The van der Waals surface area contributed by atoms with Crippen LogP contribution in [0.4, 0.5) is 5.69 Å². The molecule has 0 saturated carbocycles. The minimum absolute atomic E-state index is 0. The van der Waals surface area contributed by atoms with E-state index in [1.165, 1.54) is 0 Å². The minimum atomic E-state index is 0. The Morgan fingerprint density at radius 1 is 1.15 bits per heavy atom. The zero-order valence-corrected chi connectivity index (χ0v) is 7.97. The van der Waals surface area contributed by atoms with Gasteiger partial charge in [-0.15, -0.1) is 12.4 Å². The fourth-order valence-corrected chi connectivity index (χ4v) is 1.22. The first-order valence-corrected chi connectivity index (χ1v) is 4.02. The van der Waals surface area contributed by atoms with E-state index in [-0.39, 0.29) is 12.4 Å². The lowest BCUT2D eigenvalue weighted by Crippen LogP contribution is -1.98. The predicted molar refractivity (Wildman–Crippen MR) is 53.7 cm³/mol. The number of ether oxygens (including phenoxy) is 2. The first kappa shape index (κ1) is 9.99. The van der Waals surface area contributed by atoms with Crippen molar-refractivity contribution in [3.05, 3.63) is 18.2 Å². The Bertz CT molecular complexity index is 291. The van der Waals surface area contributed by atoms with Gasteiger partial charge in [-0.1, -0.05) is 6.07 Å². The maximum absolute atomic E-state index is 5.71. The van der Waals surface area contributed by atoms with Crippen molar-refractivity contribution in [3.8, 4) is 11.5 Å². The van der Waals surface area contributed by atoms with E-state index in [1.807, 2.05) is 18.2 Å². The number of rotatable bonds is 0. The highest BCUT2D eigenvalue weighted by Gasteiger charge is 2.11. The van der Waals surface area contributed by atoms with Gasteiger partial charge in [-0.05, 0) is 12.1 Å². The summed E-state index contributed by atoms with van der Waals surface area (Å²) in [7, 11) is 0. The minimum Gasteiger partial charge on any atom is -0.489 e. The second-order valence-electron chi connectivity index (χ2n) is 2.72. The van der Waals surface area contributed by atoms with E-state index in [1.54, 1.807) is 0 Å². The van der Waals surface area contributed by atoms with Crippen molar-refractivity contribution in [1.29, 1.82) is 0 Å². The first-order valence-electron chi connectivity index (χ1n) is 4.02. The summed E-state index contributed by atoms with van der Waals surface area (Å²) in [4.78, 5) is 0. The van der Waals surface area contributed by atoms with Crippen LogP contribution in [0.5, 0.6) is 11.5 Å². The third-order valence-electron chi connectivity index (χ3n) is 1.80. The largest absolute Gasteiger partial charge is 0.489 e. The van der Waals surface area contributed by atoms with Crippen molar-refractivity contribution in [1.82, 2.24) is 0 Å². The highest BCUT2D eigenvalue weighted by molar-refractivity contribution is 5.85. The molecule has 0 amide bonds. The Kier molecular flexibility index (Phi) is 3.25. The summed E-state index contributed by atoms with van der Waals surface area (Å²) in [6, 6.07) is 5.55. The van der Waals surface area contributed by atoms with Crippen LogP contribution in [-0.4, -0.2) is 13.2 Å². The lowest BCUT2D eigenvalue weighted by molar-refractivity contribution is 0.297. The van der Waals surface area contributed by atoms with Crippen LogP contribution in [-0.2, 0) is 0 Å². The summed E-state index contributed by atoms with van der Waals surface area (Å²) in [6.45, 7) is 1.39. The van der Waals surface area contributed by atoms with E-state index in [2.05, 4.69) is 0 Å². The average molecular weight is 202 g/mol. The Balaban J connectivity index is 0.000000845. The van der Waals surface area contributed by atoms with Crippen molar-refractivity contribution in [2.75, 3.05) is 18.9 Å². The summed E-state index contributed by atoms with van der Waals surface area (Å²) in [5.41, 5.74) is 6.35. The van der Waals surface area contributed by atoms with Gasteiger partial charge < -0.3 is 15.2 Å². The monoisotopic (exact) mass is 201 g/mol. The molecule has 13 heavy (non-hydrogen) atoms. The molecule has 1 aliphatic rings. The summed E-state index contributed by atoms with van der Waals surface area (Å²) >= 11 is 0. The third-order valence-corrected chi connectivity index (χ3v) is 1.80. The Labute approximate surface area is 83.2 Å². The summed E-state index contributed by atoms with van der Waals surface area (Å²) in [5, 5.41) is 0. The molecule has 2 N–H and O–H groups in total. The number of fused-ring (bicyclic) bond motifs is 1. The van der Waals surface area contributed by atoms with Crippen LogP contribution < -0.4 is 15.2 Å². The topological polar surface area (TPSA) is 44.5 Å². The molecule has 0 aromatic heterocycles. The van der Waals surface area contributed by atoms with Crippen molar-refractivity contribution in [2.24, 2.45) is 0 Å². The SMILES string of the molecule is Cl.Nc1cccc2c1OCCCO2. The highest BCUT2D eigenvalue weighted by Crippen LogP contribution is 2.34. The van der Waals surface area contributed by atoms with Gasteiger partial charge in [0.25, 0.3) is 0 Å². The van der Waals surface area contributed by atoms with Gasteiger partial charge in [0.2, 0.25) is 0 Å². The molecule has 72 valence electrons. The zero-order chi connectivity index (χ0) is 8.39. The molecule has 0 aliphatic carbocycles. The average Bonchev–Trinajstić information content (AvgIpc) is 2.30. The van der Waals surface area contributed by atoms with Gasteiger partial charge in [0.05, 0.1) is 18.9 Å². The number of benzene rings is 1. The Morgan fingerprint density at radius 2 is 1.92 bits per heavy atom. The molecule has 0 bridgehead atoms. The molecule has 2 rings (SSSR count). The second-order valence-corrected chi connectivity index (χ2v) is 2.72. The Hall–Kier alpha value is -1.09. The van der Waals surface area contributed by atoms with Gasteiger partial charge >= 0.3 is 0 Å². The fourth-order valence-electron chi connectivity index (χ4n) is 1.22. The summed E-state index contributed by atoms with van der Waals surface area (Å²) in [5.74, 6) is 1.45. The van der Waals surface area contributed by atoms with Gasteiger partial charge in [-0.3, -0.25) is 0 Å². The number of nitrogens with two attached hydrogens (primary N) is 1. The molecule has 0 atom stereocenters. The second kappa shape index (κ2) is 4.23. The van der Waals surface area contributed by atoms with E-state index in [0.29, 0.717) is 24.7 Å². The number of halogens is 1. The molecule has 0 unspecified atom stereocenters. The van der Waals surface area contributed by atoms with Crippen LogP contribution in [0.25, 0.3) is 0 Å². The zero-order valence-electron chi connectivity index (χ0n) is 7.16. The number of para-hydroxylation sites is 1. The maximum atomic E-state index is 5.71. The van der Waals surface area contributed by atoms with Crippen LogP contribution in [0.15, 0.2) is 18.2 Å². The number of hydrogen-bond acceptors (Lipinski definition) is 3. The standard InChI is InChI=1S/C9H11NO2.ClH/c10-7-3-1-4-8-9(7)12-6-2-5-11-8;/h1,3-4H,2,5-6,10H2;1H. The van der Waals surface area contributed by atoms with Gasteiger partial charge in [-0.25, -0.2) is 0 Å². The van der Waals surface area contributed by atoms with Gasteiger partial charge in [-0.2, -0.15) is 0 Å². The van der Waals surface area contributed by atoms with Crippen molar-refractivity contribution in [3.63, 3.8) is 0 Å². The number of nitrogen functional groups attached to an aromatic ring is 1. The molecule has 1 heterocycles. The van der Waals surface area contributed by atoms with Crippen molar-refractivity contribution in [2.45, 2.75) is 6.42 Å². The van der Waals surface area contributed by atoms with Crippen LogP contribution in [0.2, 0.25) is 0 Å². The van der Waals surface area contributed by atoms with Gasteiger partial charge in [0.15, 0.2) is 11.5 Å². The smallest absolute Gasteiger partial charge is 0.184 e. The fraction of sp³-hybridized carbons (Fsp3) is 0.333. The molecule has 1 aliphatic heterocycles. The van der Waals surface area contributed by atoms with Crippen LogP contribution in [0.1, 0.15) is 6.42 Å². The lowest BCUT2D eigenvalue weighted by Gasteiger charge is -2.08. The molecule has 0 radical (unpaired) electrons. The van der Waals surface area contributed by atoms with Gasteiger partial charge in [0, 0.05) is 6.42 Å². The van der Waals surface area contributed by atoms with Crippen LogP contribution in [0, 0.1) is 0 Å². The van der Waals surface area contributed by atoms with E-state index in [4.69, 9.17) is 15.2 Å². The lowest BCUT2D eigenvalue weighted by atomic mass is 10.3. The summed E-state index contributed by atoms with van der Waals surface area (Å²) < 4.78 is 10.9. The third kappa shape index (κ3) is 1.98. The molecule has 1 aromatic carbocycles. The molecule has 3 nitrogen and oxygen atoms in total. The molecule has 0 saturated heterocycles. The summed E-state index contributed by atoms with van der Waals surface area (Å²) in [6.07, 6.45) is 0.911. The number of anilines is 1. The molecule has 4 heteroatoms. The highest BCUT2D eigenvalue weighted by atomic mass is 35.5. The van der Waals surface area contributed by atoms with E-state index in [9.17, 15) is 0 Å². The normalized spacial score (nSPS) is 14.2. The molecule has 1 aromatic rings. The van der Waals surface area contributed by atoms with Crippen LogP contribution in [0.3, 0.4) is 0 Å². The van der Waals surface area contributed by atoms with E-state index < -0.39 is 0 Å². The molecule has 0 spiro atoms. The predicted octanol–water partition coefficient (Wildman–Crippen LogP) is 1.85. The first-order chi connectivity index (χ1) is 5.88. The molecule has 0 fully saturated rings.